The van der Waals surface area contributed by atoms with Crippen molar-refractivity contribution in [2.24, 2.45) is 0 Å². The molecular weight excluding hydrogens is 572 g/mol. The molecule has 0 saturated heterocycles. The maximum Gasteiger partial charge on any atom is 0.339 e. The van der Waals surface area contributed by atoms with Crippen molar-refractivity contribution in [3.63, 3.8) is 0 Å². The van der Waals surface area contributed by atoms with Crippen LogP contribution in [0.2, 0.25) is 0 Å². The van der Waals surface area contributed by atoms with E-state index in [4.69, 9.17) is 19.2 Å². The molecule has 0 atom stereocenters. The number of esters is 1. The lowest BCUT2D eigenvalue weighted by atomic mass is 10.0. The van der Waals surface area contributed by atoms with Gasteiger partial charge in [-0.25, -0.2) is 9.78 Å². The summed E-state index contributed by atoms with van der Waals surface area (Å²) < 4.78 is 16.7. The number of methoxy groups -OCH3 is 2. The van der Waals surface area contributed by atoms with Gasteiger partial charge in [0.05, 0.1) is 42.4 Å². The molecular formula is C36H28N2O5S. The molecule has 1 amide bonds. The third kappa shape index (κ3) is 4.87. The van der Waals surface area contributed by atoms with Gasteiger partial charge in [-0.3, -0.25) is 9.69 Å². The van der Waals surface area contributed by atoms with Crippen LogP contribution in [0, 0.1) is 0 Å². The summed E-state index contributed by atoms with van der Waals surface area (Å²) >= 11 is 1.62. The lowest BCUT2D eigenvalue weighted by Crippen LogP contribution is -2.32. The van der Waals surface area contributed by atoms with Gasteiger partial charge in [0.25, 0.3) is 5.91 Å². The molecule has 0 fully saturated rings. The van der Waals surface area contributed by atoms with Gasteiger partial charge in [-0.15, -0.1) is 0 Å². The third-order valence-corrected chi connectivity index (χ3v) is 9.03. The fourth-order valence-corrected chi connectivity index (χ4v) is 6.95. The Balaban J connectivity index is 1.21. The second-order valence-corrected chi connectivity index (χ2v) is 11.5. The van der Waals surface area contributed by atoms with Crippen LogP contribution in [0.1, 0.15) is 33.6 Å². The number of pyridine rings is 1. The largest absolute Gasteiger partial charge is 0.493 e. The zero-order valence-electron chi connectivity index (χ0n) is 24.2. The molecule has 1 aliphatic heterocycles. The predicted octanol–water partition coefficient (Wildman–Crippen LogP) is 7.73. The molecule has 7 rings (SSSR count). The molecule has 0 N–H and O–H groups in total. The maximum atomic E-state index is 13.8. The number of ether oxygens (including phenoxy) is 3. The van der Waals surface area contributed by atoms with E-state index in [2.05, 4.69) is 6.08 Å². The van der Waals surface area contributed by atoms with Gasteiger partial charge >= 0.3 is 5.97 Å². The van der Waals surface area contributed by atoms with Crippen LogP contribution >= 0.6 is 11.8 Å². The van der Waals surface area contributed by atoms with Gasteiger partial charge in [-0.05, 0) is 78.1 Å². The molecule has 7 nitrogen and oxygen atoms in total. The van der Waals surface area contributed by atoms with E-state index in [-0.39, 0.29) is 5.91 Å². The van der Waals surface area contributed by atoms with Crippen LogP contribution in [0.15, 0.2) is 101 Å². The number of anilines is 2. The number of benzene rings is 4. The lowest BCUT2D eigenvalue weighted by Gasteiger charge is -2.30. The number of allylic oxidation sites excluding steroid dienone is 1. The summed E-state index contributed by atoms with van der Waals surface area (Å²) in [4.78, 5) is 36.1. The van der Waals surface area contributed by atoms with Crippen LogP contribution in [-0.2, 0) is 16.0 Å². The fourth-order valence-electron chi connectivity index (χ4n) is 5.89. The molecule has 44 heavy (non-hydrogen) atoms. The van der Waals surface area contributed by atoms with E-state index >= 15 is 0 Å². The predicted molar refractivity (Wildman–Crippen MR) is 172 cm³/mol. The first-order valence-corrected chi connectivity index (χ1v) is 15.1. The highest BCUT2D eigenvalue weighted by atomic mass is 32.2. The first-order valence-electron chi connectivity index (χ1n) is 14.3. The summed E-state index contributed by atoms with van der Waals surface area (Å²) in [7, 11) is 3.22. The number of hydrogen-bond acceptors (Lipinski definition) is 7. The second kappa shape index (κ2) is 11.5. The number of para-hydroxylation sites is 3. The minimum atomic E-state index is -0.534. The third-order valence-electron chi connectivity index (χ3n) is 7.90. The highest BCUT2D eigenvalue weighted by molar-refractivity contribution is 7.99. The van der Waals surface area contributed by atoms with Crippen LogP contribution in [0.25, 0.3) is 22.6 Å². The number of fused-ring (bicyclic) bond motifs is 4. The van der Waals surface area contributed by atoms with Crippen LogP contribution < -0.4 is 14.4 Å². The first-order chi connectivity index (χ1) is 21.6. The maximum absolute atomic E-state index is 13.8. The zero-order chi connectivity index (χ0) is 30.2. The number of nitrogens with zero attached hydrogens (tertiary/aromatic N) is 2. The minimum absolute atomic E-state index is 0.317. The van der Waals surface area contributed by atoms with Gasteiger partial charge in [0.15, 0.2) is 18.1 Å². The summed E-state index contributed by atoms with van der Waals surface area (Å²) in [5, 5.41) is 0.709. The van der Waals surface area contributed by atoms with Gasteiger partial charge < -0.3 is 14.2 Å². The molecule has 4 aromatic carbocycles. The fraction of sp³-hybridized carbons (Fsp3) is 0.139. The van der Waals surface area contributed by atoms with E-state index in [1.165, 1.54) is 0 Å². The number of amides is 1. The van der Waals surface area contributed by atoms with Crippen LogP contribution in [-0.4, -0.2) is 37.7 Å². The van der Waals surface area contributed by atoms with E-state index in [9.17, 15) is 9.59 Å². The molecule has 5 aromatic rings. The van der Waals surface area contributed by atoms with E-state index < -0.39 is 12.6 Å². The number of rotatable bonds is 6. The van der Waals surface area contributed by atoms with Crippen molar-refractivity contribution >= 4 is 57.6 Å². The normalized spacial score (nSPS) is 14.1. The van der Waals surface area contributed by atoms with Crippen LogP contribution in [0.3, 0.4) is 0 Å². The van der Waals surface area contributed by atoms with Crippen LogP contribution in [0.5, 0.6) is 11.5 Å². The van der Waals surface area contributed by atoms with Gasteiger partial charge in [-0.2, -0.15) is 0 Å². The smallest absolute Gasteiger partial charge is 0.339 e. The highest BCUT2D eigenvalue weighted by Crippen LogP contribution is 2.48. The van der Waals surface area contributed by atoms with Crippen molar-refractivity contribution in [3.8, 4) is 11.5 Å². The number of carbonyl (C=O) groups excluding carboxylic acids is 2. The highest BCUT2D eigenvalue weighted by Gasteiger charge is 2.31. The number of aromatic nitrogens is 1. The molecule has 0 radical (unpaired) electrons. The molecule has 0 saturated carbocycles. The Morgan fingerprint density at radius 3 is 2.25 bits per heavy atom. The van der Waals surface area contributed by atoms with E-state index in [0.29, 0.717) is 40.8 Å². The zero-order valence-corrected chi connectivity index (χ0v) is 25.0. The van der Waals surface area contributed by atoms with E-state index in [1.807, 2.05) is 91.0 Å². The van der Waals surface area contributed by atoms with Crippen molar-refractivity contribution in [2.45, 2.75) is 22.6 Å². The van der Waals surface area contributed by atoms with E-state index in [0.717, 1.165) is 43.6 Å². The summed E-state index contributed by atoms with van der Waals surface area (Å²) in [6.07, 6.45) is 3.41. The standard InChI is InChI=1S/C36H28N2O5S/c1-41-29-18-15-22(20-30(29)42-2)19-23-16-17-25-34(24-9-3-4-10-26(24)37-35(23)25)36(40)43-21-33(39)38-27-11-5-7-13-31(27)44-32-14-8-6-12-28(32)38/h3-15,18-20H,16-17,21H2,1-2H3. The molecule has 2 heterocycles. The average molecular weight is 601 g/mol. The second-order valence-electron chi connectivity index (χ2n) is 10.5. The van der Waals surface area contributed by atoms with Crippen molar-refractivity contribution in [1.82, 2.24) is 4.98 Å². The lowest BCUT2D eigenvalue weighted by molar-refractivity contribution is -0.121. The molecule has 0 bridgehead atoms. The van der Waals surface area contributed by atoms with Crippen molar-refractivity contribution in [1.29, 1.82) is 0 Å². The molecule has 1 aromatic heterocycles. The Morgan fingerprint density at radius 1 is 0.841 bits per heavy atom. The Kier molecular flexibility index (Phi) is 7.28. The average Bonchev–Trinajstić information content (AvgIpc) is 3.46. The minimum Gasteiger partial charge on any atom is -0.493 e. The van der Waals surface area contributed by atoms with Crippen molar-refractivity contribution in [2.75, 3.05) is 25.7 Å². The summed E-state index contributed by atoms with van der Waals surface area (Å²) in [5.41, 5.74) is 6.27. The van der Waals surface area contributed by atoms with Crippen molar-refractivity contribution < 1.29 is 23.8 Å². The van der Waals surface area contributed by atoms with Gasteiger partial charge in [0.1, 0.15) is 0 Å². The first kappa shape index (κ1) is 27.7. The van der Waals surface area contributed by atoms with E-state index in [1.54, 1.807) is 30.9 Å². The van der Waals surface area contributed by atoms with Crippen LogP contribution in [0.4, 0.5) is 11.4 Å². The Bertz CT molecular complexity index is 1940. The number of carbonyl (C=O) groups is 2. The molecule has 2 aliphatic rings. The molecule has 8 heteroatoms. The molecule has 0 spiro atoms. The monoisotopic (exact) mass is 600 g/mol. The summed E-state index contributed by atoms with van der Waals surface area (Å²) in [5.74, 6) is 0.439. The SMILES string of the molecule is COc1ccc(C=C2CCc3c2nc2ccccc2c3C(=O)OCC(=O)N2c3ccccc3Sc3ccccc32)cc1OC. The molecule has 0 unspecified atom stereocenters. The quantitative estimate of drug-likeness (QED) is 0.185. The van der Waals surface area contributed by atoms with Gasteiger partial charge in [0, 0.05) is 15.2 Å². The van der Waals surface area contributed by atoms with Gasteiger partial charge in [-0.1, -0.05) is 60.3 Å². The number of hydrogen-bond donors (Lipinski definition) is 0. The Hall–Kier alpha value is -5.08. The van der Waals surface area contributed by atoms with Gasteiger partial charge in [0.2, 0.25) is 0 Å². The molecule has 1 aliphatic carbocycles. The summed E-state index contributed by atoms with van der Waals surface area (Å²) in [6, 6.07) is 28.8. The van der Waals surface area contributed by atoms with Crippen molar-refractivity contribution in [3.05, 3.63) is 113 Å². The topological polar surface area (TPSA) is 78.0 Å². The summed E-state index contributed by atoms with van der Waals surface area (Å²) in [6.45, 7) is -0.397. The Labute approximate surface area is 259 Å². The molecule has 218 valence electrons. The Morgan fingerprint density at radius 2 is 1.52 bits per heavy atom.